The fraction of sp³-hybridized carbons (Fsp3) is 0.619. The first kappa shape index (κ1) is 22.6. The quantitative estimate of drug-likeness (QED) is 0.614. The smallest absolute Gasteiger partial charge is 0.321 e. The van der Waals surface area contributed by atoms with Crippen molar-refractivity contribution in [1.82, 2.24) is 10.2 Å². The first-order valence-corrected chi connectivity index (χ1v) is 10.1. The molecule has 0 atom stereocenters. The van der Waals surface area contributed by atoms with E-state index in [-0.39, 0.29) is 11.9 Å². The first-order valence-electron chi connectivity index (χ1n) is 10.1. The van der Waals surface area contributed by atoms with Gasteiger partial charge in [-0.2, -0.15) is 0 Å². The van der Waals surface area contributed by atoms with Crippen LogP contribution in [0.3, 0.4) is 0 Å². The van der Waals surface area contributed by atoms with E-state index in [9.17, 15) is 9.59 Å². The lowest BCUT2D eigenvalue weighted by molar-refractivity contribution is -0.122. The van der Waals surface area contributed by atoms with Gasteiger partial charge in [-0.25, -0.2) is 4.79 Å². The maximum absolute atomic E-state index is 12.6. The average molecular weight is 408 g/mol. The van der Waals surface area contributed by atoms with E-state index in [1.54, 1.807) is 17.0 Å². The van der Waals surface area contributed by atoms with Crippen molar-refractivity contribution in [3.8, 4) is 17.2 Å². The fourth-order valence-corrected chi connectivity index (χ4v) is 3.43. The third kappa shape index (κ3) is 6.44. The van der Waals surface area contributed by atoms with Crippen LogP contribution in [0.5, 0.6) is 17.2 Å². The van der Waals surface area contributed by atoms with Crippen molar-refractivity contribution in [3.05, 3.63) is 12.1 Å². The molecule has 3 amide bonds. The molecule has 1 aromatic rings. The van der Waals surface area contributed by atoms with Gasteiger partial charge in [0.05, 0.1) is 27.0 Å². The van der Waals surface area contributed by atoms with Gasteiger partial charge in [0.1, 0.15) is 0 Å². The Labute approximate surface area is 172 Å². The highest BCUT2D eigenvalue weighted by Gasteiger charge is 2.25. The van der Waals surface area contributed by atoms with Gasteiger partial charge in [0.2, 0.25) is 11.7 Å². The Hall–Kier alpha value is -2.64. The number of carbonyl (C=O) groups excluding carboxylic acids is 2. The molecule has 0 saturated carbocycles. The second kappa shape index (κ2) is 11.4. The van der Waals surface area contributed by atoms with E-state index < -0.39 is 0 Å². The van der Waals surface area contributed by atoms with Gasteiger partial charge >= 0.3 is 6.03 Å². The number of rotatable bonds is 9. The van der Waals surface area contributed by atoms with Crippen molar-refractivity contribution in [3.63, 3.8) is 0 Å². The van der Waals surface area contributed by atoms with E-state index in [0.29, 0.717) is 48.4 Å². The fourth-order valence-electron chi connectivity index (χ4n) is 3.43. The molecule has 0 aromatic heterocycles. The number of hydrogen-bond acceptors (Lipinski definition) is 5. The molecule has 29 heavy (non-hydrogen) atoms. The van der Waals surface area contributed by atoms with Crippen LogP contribution in [0.2, 0.25) is 0 Å². The summed E-state index contributed by atoms with van der Waals surface area (Å²) in [4.78, 5) is 26.4. The second-order valence-electron chi connectivity index (χ2n) is 7.18. The second-order valence-corrected chi connectivity index (χ2v) is 7.18. The number of nitrogens with zero attached hydrogens (tertiary/aromatic N) is 1. The third-order valence-electron chi connectivity index (χ3n) is 5.14. The number of benzene rings is 1. The van der Waals surface area contributed by atoms with Crippen LogP contribution < -0.4 is 24.8 Å². The molecule has 8 heteroatoms. The van der Waals surface area contributed by atoms with E-state index in [4.69, 9.17) is 14.2 Å². The zero-order valence-corrected chi connectivity index (χ0v) is 17.9. The normalized spacial score (nSPS) is 14.3. The Morgan fingerprint density at radius 2 is 1.69 bits per heavy atom. The standard InChI is InChI=1S/C21H33N3O5/c1-5-6-9-22-19(25)12-15-7-10-24(11-8-15)21(26)23-16-13-17(27-2)20(29-4)18(14-16)28-3/h13-15H,5-12H2,1-4H3,(H,22,25)(H,23,26). The molecule has 0 spiro atoms. The minimum Gasteiger partial charge on any atom is -0.493 e. The minimum absolute atomic E-state index is 0.110. The van der Waals surface area contributed by atoms with Gasteiger partial charge in [-0.15, -0.1) is 0 Å². The number of methoxy groups -OCH3 is 3. The van der Waals surface area contributed by atoms with Crippen molar-refractivity contribution < 1.29 is 23.8 Å². The third-order valence-corrected chi connectivity index (χ3v) is 5.14. The maximum Gasteiger partial charge on any atom is 0.321 e. The average Bonchev–Trinajstić information content (AvgIpc) is 2.73. The van der Waals surface area contributed by atoms with Crippen LogP contribution in [-0.2, 0) is 4.79 Å². The molecule has 1 fully saturated rings. The highest BCUT2D eigenvalue weighted by Crippen LogP contribution is 2.40. The number of urea groups is 1. The molecule has 1 aromatic carbocycles. The Morgan fingerprint density at radius 3 is 2.21 bits per heavy atom. The van der Waals surface area contributed by atoms with Gasteiger partial charge in [-0.3, -0.25) is 4.79 Å². The van der Waals surface area contributed by atoms with Gasteiger partial charge in [-0.1, -0.05) is 13.3 Å². The van der Waals surface area contributed by atoms with Crippen LogP contribution >= 0.6 is 0 Å². The molecule has 2 rings (SSSR count). The summed E-state index contributed by atoms with van der Waals surface area (Å²) in [6.45, 7) is 4.10. The van der Waals surface area contributed by atoms with E-state index in [1.165, 1.54) is 21.3 Å². The van der Waals surface area contributed by atoms with Gasteiger partial charge in [0, 0.05) is 38.2 Å². The van der Waals surface area contributed by atoms with Crippen LogP contribution in [0, 0.1) is 5.92 Å². The van der Waals surface area contributed by atoms with Crippen molar-refractivity contribution in [2.45, 2.75) is 39.0 Å². The molecule has 2 N–H and O–H groups in total. The van der Waals surface area contributed by atoms with Crippen LogP contribution in [0.4, 0.5) is 10.5 Å². The summed E-state index contributed by atoms with van der Waals surface area (Å²) in [6.07, 6.45) is 4.25. The topological polar surface area (TPSA) is 89.1 Å². The van der Waals surface area contributed by atoms with E-state index in [2.05, 4.69) is 17.6 Å². The predicted molar refractivity (Wildman–Crippen MR) is 112 cm³/mol. The number of unbranched alkanes of at least 4 members (excludes halogenated alkanes) is 1. The lowest BCUT2D eigenvalue weighted by Crippen LogP contribution is -2.42. The van der Waals surface area contributed by atoms with Crippen LogP contribution in [0.15, 0.2) is 12.1 Å². The van der Waals surface area contributed by atoms with Crippen molar-refractivity contribution in [2.24, 2.45) is 5.92 Å². The number of likely N-dealkylation sites (tertiary alicyclic amines) is 1. The molecule has 1 aliphatic rings. The molecular formula is C21H33N3O5. The molecule has 1 aliphatic heterocycles. The number of amides is 3. The summed E-state index contributed by atoms with van der Waals surface area (Å²) in [5, 5.41) is 5.86. The summed E-state index contributed by atoms with van der Waals surface area (Å²) in [6, 6.07) is 3.23. The van der Waals surface area contributed by atoms with E-state index in [0.717, 1.165) is 32.2 Å². The number of piperidine rings is 1. The van der Waals surface area contributed by atoms with Crippen LogP contribution in [0.1, 0.15) is 39.0 Å². The van der Waals surface area contributed by atoms with Gasteiger partial charge in [0.25, 0.3) is 0 Å². The molecule has 8 nitrogen and oxygen atoms in total. The summed E-state index contributed by atoms with van der Waals surface area (Å²) < 4.78 is 16.0. The Bertz CT molecular complexity index is 662. The number of nitrogens with one attached hydrogen (secondary N) is 2. The van der Waals surface area contributed by atoms with E-state index in [1.807, 2.05) is 0 Å². The number of ether oxygens (including phenoxy) is 3. The van der Waals surface area contributed by atoms with Gasteiger partial charge in [-0.05, 0) is 25.2 Å². The lowest BCUT2D eigenvalue weighted by Gasteiger charge is -2.31. The first-order chi connectivity index (χ1) is 14.0. The van der Waals surface area contributed by atoms with Crippen LogP contribution in [0.25, 0.3) is 0 Å². The largest absolute Gasteiger partial charge is 0.493 e. The highest BCUT2D eigenvalue weighted by molar-refractivity contribution is 5.90. The Morgan fingerprint density at radius 1 is 1.07 bits per heavy atom. The molecule has 0 unspecified atom stereocenters. The zero-order valence-electron chi connectivity index (χ0n) is 17.9. The van der Waals surface area contributed by atoms with Crippen molar-refractivity contribution >= 4 is 17.6 Å². The molecule has 0 bridgehead atoms. The maximum atomic E-state index is 12.6. The summed E-state index contributed by atoms with van der Waals surface area (Å²) in [5.74, 6) is 1.87. The minimum atomic E-state index is -0.176. The van der Waals surface area contributed by atoms with Gasteiger partial charge < -0.3 is 29.7 Å². The predicted octanol–water partition coefficient (Wildman–Crippen LogP) is 3.26. The summed E-state index contributed by atoms with van der Waals surface area (Å²) in [5.41, 5.74) is 0.571. The molecule has 0 aliphatic carbocycles. The lowest BCUT2D eigenvalue weighted by atomic mass is 9.93. The molecule has 1 saturated heterocycles. The van der Waals surface area contributed by atoms with Crippen molar-refractivity contribution in [2.75, 3.05) is 46.3 Å². The van der Waals surface area contributed by atoms with Crippen molar-refractivity contribution in [1.29, 1.82) is 0 Å². The monoisotopic (exact) mass is 407 g/mol. The highest BCUT2D eigenvalue weighted by atomic mass is 16.5. The molecule has 162 valence electrons. The number of hydrogen-bond donors (Lipinski definition) is 2. The number of anilines is 1. The Kier molecular flexibility index (Phi) is 8.89. The van der Waals surface area contributed by atoms with Crippen LogP contribution in [-0.4, -0.2) is 57.8 Å². The SMILES string of the molecule is CCCCNC(=O)CC1CCN(C(=O)Nc2cc(OC)c(OC)c(OC)c2)CC1. The molecular weight excluding hydrogens is 374 g/mol. The Balaban J connectivity index is 1.87. The van der Waals surface area contributed by atoms with E-state index >= 15 is 0 Å². The molecule has 0 radical (unpaired) electrons. The summed E-state index contributed by atoms with van der Waals surface area (Å²) >= 11 is 0. The number of carbonyl (C=O) groups is 2. The molecule has 1 heterocycles. The van der Waals surface area contributed by atoms with Gasteiger partial charge in [0.15, 0.2) is 11.5 Å². The summed E-state index contributed by atoms with van der Waals surface area (Å²) in [7, 11) is 4.60. The zero-order chi connectivity index (χ0) is 21.2.